The lowest BCUT2D eigenvalue weighted by Gasteiger charge is -2.00. The third-order valence-corrected chi connectivity index (χ3v) is 4.27. The third kappa shape index (κ3) is 1.67. The molecule has 0 N–H and O–H groups in total. The number of hydrogen-bond acceptors (Lipinski definition) is 4. The zero-order chi connectivity index (χ0) is 12.8. The summed E-state index contributed by atoms with van der Waals surface area (Å²) in [4.78, 5) is 5.43. The molecule has 1 aromatic carbocycles. The van der Waals surface area contributed by atoms with Crippen molar-refractivity contribution in [3.63, 3.8) is 0 Å². The number of fused-ring (bicyclic) bond motifs is 3. The fraction of sp³-hybridized carbons (Fsp3) is 0. The molecule has 0 aliphatic heterocycles. The van der Waals surface area contributed by atoms with Gasteiger partial charge in [-0.2, -0.15) is 0 Å². The maximum absolute atomic E-state index is 4.44. The minimum atomic E-state index is 0.803. The summed E-state index contributed by atoms with van der Waals surface area (Å²) in [6.07, 6.45) is 1.78. The molecule has 0 radical (unpaired) electrons. The molecule has 0 saturated carbocycles. The molecule has 0 unspecified atom stereocenters. The highest BCUT2D eigenvalue weighted by Gasteiger charge is 2.11. The molecule has 0 atom stereocenters. The van der Waals surface area contributed by atoms with Crippen LogP contribution in [0.1, 0.15) is 0 Å². The number of benzene rings is 1. The Kier molecular flexibility index (Phi) is 2.39. The monoisotopic (exact) mass is 330 g/mol. The lowest BCUT2D eigenvalue weighted by Crippen LogP contribution is -1.91. The Morgan fingerprint density at radius 2 is 2.11 bits per heavy atom. The van der Waals surface area contributed by atoms with Crippen LogP contribution in [0.15, 0.2) is 46.5 Å². The first kappa shape index (κ1) is 11.1. The van der Waals surface area contributed by atoms with E-state index in [1.165, 1.54) is 0 Å². The summed E-state index contributed by atoms with van der Waals surface area (Å²) in [5.74, 6) is 0.803. The normalized spacial score (nSPS) is 11.4. The van der Waals surface area contributed by atoms with Crippen molar-refractivity contribution in [2.45, 2.75) is 0 Å². The topological polar surface area (TPSA) is 43.1 Å². The van der Waals surface area contributed by atoms with E-state index in [-0.39, 0.29) is 0 Å². The van der Waals surface area contributed by atoms with Crippen molar-refractivity contribution in [1.82, 2.24) is 19.6 Å². The lowest BCUT2D eigenvalue weighted by molar-refractivity contribution is 1.09. The summed E-state index contributed by atoms with van der Waals surface area (Å²) in [5, 5.41) is 11.6. The number of aromatic nitrogens is 4. The van der Waals surface area contributed by atoms with Crippen LogP contribution in [0.3, 0.4) is 0 Å². The van der Waals surface area contributed by atoms with Gasteiger partial charge in [-0.05, 0) is 23.6 Å². The van der Waals surface area contributed by atoms with E-state index < -0.39 is 0 Å². The van der Waals surface area contributed by atoms with Crippen LogP contribution in [-0.4, -0.2) is 19.6 Å². The Morgan fingerprint density at radius 3 is 3.00 bits per heavy atom. The first-order valence-corrected chi connectivity index (χ1v) is 7.33. The van der Waals surface area contributed by atoms with Crippen molar-refractivity contribution in [2.24, 2.45) is 0 Å². The largest absolute Gasteiger partial charge is 0.265 e. The van der Waals surface area contributed by atoms with Crippen molar-refractivity contribution in [3.8, 4) is 11.4 Å². The molecule has 19 heavy (non-hydrogen) atoms. The molecule has 0 fully saturated rings. The molecule has 6 heteroatoms. The first-order valence-electron chi connectivity index (χ1n) is 5.66. The van der Waals surface area contributed by atoms with Gasteiger partial charge in [0.2, 0.25) is 0 Å². The quantitative estimate of drug-likeness (QED) is 0.533. The van der Waals surface area contributed by atoms with Crippen molar-refractivity contribution in [1.29, 1.82) is 0 Å². The fourth-order valence-electron chi connectivity index (χ4n) is 2.09. The third-order valence-electron chi connectivity index (χ3n) is 2.95. The van der Waals surface area contributed by atoms with E-state index in [0.717, 1.165) is 31.7 Å². The number of thiophene rings is 1. The average Bonchev–Trinajstić information content (AvgIpc) is 3.04. The molecule has 0 spiro atoms. The minimum absolute atomic E-state index is 0.803. The van der Waals surface area contributed by atoms with Gasteiger partial charge in [0.1, 0.15) is 11.2 Å². The van der Waals surface area contributed by atoms with Gasteiger partial charge in [0, 0.05) is 10.0 Å². The first-order chi connectivity index (χ1) is 9.33. The molecule has 3 aromatic heterocycles. The standard InChI is InChI=1S/C13H7BrN4S/c14-9-3-1-2-8(6-9)11-16-17-12-10-4-5-19-13(10)15-7-18(11)12/h1-7H. The molecule has 3 heterocycles. The average molecular weight is 331 g/mol. The Morgan fingerprint density at radius 1 is 1.16 bits per heavy atom. The molecule has 4 aromatic rings. The predicted octanol–water partition coefficient (Wildman–Crippen LogP) is 3.77. The van der Waals surface area contributed by atoms with E-state index in [9.17, 15) is 0 Å². The summed E-state index contributed by atoms with van der Waals surface area (Å²) in [6.45, 7) is 0. The molecule has 4 rings (SSSR count). The number of halogens is 1. The van der Waals surface area contributed by atoms with Gasteiger partial charge in [0.15, 0.2) is 11.5 Å². The summed E-state index contributed by atoms with van der Waals surface area (Å²) in [6, 6.07) is 10.0. The molecule has 0 aliphatic rings. The second-order valence-electron chi connectivity index (χ2n) is 4.11. The van der Waals surface area contributed by atoms with Crippen molar-refractivity contribution >= 4 is 43.1 Å². The Bertz CT molecular complexity index is 896. The number of rotatable bonds is 1. The molecular formula is C13H7BrN4S. The maximum Gasteiger partial charge on any atom is 0.172 e. The van der Waals surface area contributed by atoms with E-state index in [1.54, 1.807) is 17.7 Å². The summed E-state index contributed by atoms with van der Waals surface area (Å²) in [5.41, 5.74) is 1.86. The Hall–Kier alpha value is -1.79. The molecular weight excluding hydrogens is 324 g/mol. The van der Waals surface area contributed by atoms with Crippen molar-refractivity contribution in [3.05, 3.63) is 46.5 Å². The van der Waals surface area contributed by atoms with E-state index >= 15 is 0 Å². The van der Waals surface area contributed by atoms with Crippen LogP contribution in [0, 0.1) is 0 Å². The number of hydrogen-bond donors (Lipinski definition) is 0. The number of nitrogens with zero attached hydrogens (tertiary/aromatic N) is 4. The second-order valence-corrected chi connectivity index (χ2v) is 5.92. The van der Waals surface area contributed by atoms with E-state index in [0.29, 0.717) is 0 Å². The molecule has 0 bridgehead atoms. The Labute approximate surface area is 120 Å². The van der Waals surface area contributed by atoms with Gasteiger partial charge in [-0.1, -0.05) is 28.1 Å². The van der Waals surface area contributed by atoms with Gasteiger partial charge in [0.25, 0.3) is 0 Å². The summed E-state index contributed by atoms with van der Waals surface area (Å²) in [7, 11) is 0. The van der Waals surface area contributed by atoms with Crippen LogP contribution in [0.5, 0.6) is 0 Å². The second kappa shape index (κ2) is 4.11. The molecule has 4 nitrogen and oxygen atoms in total. The Balaban J connectivity index is 2.05. The molecule has 0 saturated heterocycles. The van der Waals surface area contributed by atoms with E-state index in [4.69, 9.17) is 0 Å². The molecule has 0 aliphatic carbocycles. The van der Waals surface area contributed by atoms with E-state index in [1.807, 2.05) is 40.1 Å². The fourth-order valence-corrected chi connectivity index (χ4v) is 3.22. The van der Waals surface area contributed by atoms with Gasteiger partial charge in [0.05, 0.1) is 5.39 Å². The highest BCUT2D eigenvalue weighted by Crippen LogP contribution is 2.26. The predicted molar refractivity (Wildman–Crippen MR) is 79.3 cm³/mol. The zero-order valence-corrected chi connectivity index (χ0v) is 12.0. The van der Waals surface area contributed by atoms with Crippen LogP contribution in [0.4, 0.5) is 0 Å². The van der Waals surface area contributed by atoms with Gasteiger partial charge >= 0.3 is 0 Å². The summed E-state index contributed by atoms with van der Waals surface area (Å²) < 4.78 is 2.95. The van der Waals surface area contributed by atoms with Crippen LogP contribution >= 0.6 is 27.3 Å². The van der Waals surface area contributed by atoms with Crippen molar-refractivity contribution in [2.75, 3.05) is 0 Å². The zero-order valence-electron chi connectivity index (χ0n) is 9.62. The maximum atomic E-state index is 4.44. The van der Waals surface area contributed by atoms with E-state index in [2.05, 4.69) is 31.1 Å². The van der Waals surface area contributed by atoms with Crippen LogP contribution in [0.2, 0.25) is 0 Å². The smallest absolute Gasteiger partial charge is 0.172 e. The van der Waals surface area contributed by atoms with Crippen molar-refractivity contribution < 1.29 is 0 Å². The lowest BCUT2D eigenvalue weighted by atomic mass is 10.2. The molecule has 92 valence electrons. The van der Waals surface area contributed by atoms with Crippen LogP contribution < -0.4 is 0 Å². The van der Waals surface area contributed by atoms with Gasteiger partial charge < -0.3 is 0 Å². The van der Waals surface area contributed by atoms with Gasteiger partial charge in [-0.3, -0.25) is 4.40 Å². The minimum Gasteiger partial charge on any atom is -0.265 e. The van der Waals surface area contributed by atoms with Crippen LogP contribution in [0.25, 0.3) is 27.3 Å². The highest BCUT2D eigenvalue weighted by molar-refractivity contribution is 9.10. The molecule has 0 amide bonds. The van der Waals surface area contributed by atoms with Gasteiger partial charge in [-0.25, -0.2) is 4.98 Å². The highest BCUT2D eigenvalue weighted by atomic mass is 79.9. The van der Waals surface area contributed by atoms with Gasteiger partial charge in [-0.15, -0.1) is 21.5 Å². The van der Waals surface area contributed by atoms with Crippen LogP contribution in [-0.2, 0) is 0 Å². The SMILES string of the molecule is Brc1cccc(-c2nnc3c4ccsc4ncn23)c1. The summed E-state index contributed by atoms with van der Waals surface area (Å²) >= 11 is 5.08.